The molecule has 0 saturated carbocycles. The van der Waals surface area contributed by atoms with Crippen molar-refractivity contribution in [3.8, 4) is 0 Å². The van der Waals surface area contributed by atoms with Crippen LogP contribution in [0.1, 0.15) is 21.5 Å². The molecule has 0 fully saturated rings. The van der Waals surface area contributed by atoms with E-state index in [2.05, 4.69) is 0 Å². The summed E-state index contributed by atoms with van der Waals surface area (Å²) in [6.07, 6.45) is 1.24. The fraction of sp³-hybridized carbons (Fsp3) is 0.0455. The van der Waals surface area contributed by atoms with Crippen molar-refractivity contribution < 1.29 is 18.1 Å². The largest absolute Gasteiger partial charge is 0.288 e. The topological polar surface area (TPSA) is 94.3 Å². The summed E-state index contributed by atoms with van der Waals surface area (Å²) in [5.74, 6) is -1.03. The molecule has 0 aliphatic rings. The molecule has 0 aromatic heterocycles. The van der Waals surface area contributed by atoms with Crippen LogP contribution < -0.4 is 0 Å². The number of ketones is 1. The molecule has 3 aromatic carbocycles. The number of benzene rings is 3. The minimum absolute atomic E-state index is 0.134. The summed E-state index contributed by atoms with van der Waals surface area (Å²) in [5.41, 5.74) is 0.930. The summed E-state index contributed by atoms with van der Waals surface area (Å²) in [5, 5.41) is 11.3. The van der Waals surface area contributed by atoms with Crippen molar-refractivity contribution in [2.45, 2.75) is 5.75 Å². The van der Waals surface area contributed by atoms with Crippen LogP contribution in [0.5, 0.6) is 0 Å². The van der Waals surface area contributed by atoms with Gasteiger partial charge in [0.2, 0.25) is 5.78 Å². The lowest BCUT2D eigenvalue weighted by atomic mass is 10.1. The number of halogens is 1. The Morgan fingerprint density at radius 3 is 2.10 bits per heavy atom. The van der Waals surface area contributed by atoms with E-state index in [9.17, 15) is 23.3 Å². The first-order valence-corrected chi connectivity index (χ1v) is 10.8. The molecule has 0 N–H and O–H groups in total. The minimum atomic E-state index is -4.01. The van der Waals surface area contributed by atoms with Crippen LogP contribution in [0.3, 0.4) is 0 Å². The highest BCUT2D eigenvalue weighted by Gasteiger charge is 2.26. The van der Waals surface area contributed by atoms with E-state index in [-0.39, 0.29) is 17.0 Å². The fourth-order valence-corrected chi connectivity index (χ4v) is 4.38. The number of carbonyl (C=O) groups is 1. The predicted octanol–water partition coefficient (Wildman–Crippen LogP) is 5.09. The molecule has 0 aliphatic carbocycles. The molecular formula is C22H16ClNO5S. The number of non-ortho nitro benzene ring substituents is 1. The zero-order valence-electron chi connectivity index (χ0n) is 15.6. The summed E-state index contributed by atoms with van der Waals surface area (Å²) >= 11 is 5.86. The van der Waals surface area contributed by atoms with Gasteiger partial charge in [0, 0.05) is 22.7 Å². The van der Waals surface area contributed by atoms with Gasteiger partial charge in [-0.2, -0.15) is 0 Å². The molecule has 6 nitrogen and oxygen atoms in total. The third-order valence-corrected chi connectivity index (χ3v) is 6.21. The summed E-state index contributed by atoms with van der Waals surface area (Å²) in [7, 11) is -4.01. The van der Waals surface area contributed by atoms with Crippen LogP contribution in [0.15, 0.2) is 83.8 Å². The number of Topliss-reactive ketones (excluding diaryl/α,β-unsaturated/α-hetero) is 1. The molecule has 3 aromatic rings. The maximum atomic E-state index is 13.1. The number of nitro groups is 1. The third-order valence-electron chi connectivity index (χ3n) is 4.27. The molecule has 0 aliphatic heterocycles. The molecule has 0 atom stereocenters. The molecule has 0 heterocycles. The second-order valence-corrected chi connectivity index (χ2v) is 8.83. The summed E-state index contributed by atoms with van der Waals surface area (Å²) in [6.45, 7) is 0. The Balaban J connectivity index is 2.06. The molecule has 0 amide bonds. The quantitative estimate of drug-likeness (QED) is 0.220. The van der Waals surface area contributed by atoms with Crippen LogP contribution in [-0.4, -0.2) is 19.1 Å². The van der Waals surface area contributed by atoms with Gasteiger partial charge in [0.1, 0.15) is 4.91 Å². The van der Waals surface area contributed by atoms with Crippen molar-refractivity contribution in [2.24, 2.45) is 0 Å². The van der Waals surface area contributed by atoms with Crippen molar-refractivity contribution in [3.63, 3.8) is 0 Å². The SMILES string of the molecule is O=C(/C(=C\c1ccc([N+](=O)[O-])cc1)S(=O)(=O)Cc1ccccc1)c1ccc(Cl)cc1. The Hall–Kier alpha value is -3.29. The molecule has 30 heavy (non-hydrogen) atoms. The molecule has 0 unspecified atom stereocenters. The normalized spacial score (nSPS) is 11.8. The van der Waals surface area contributed by atoms with Crippen LogP contribution in [0, 0.1) is 10.1 Å². The molecule has 152 valence electrons. The Morgan fingerprint density at radius 1 is 0.933 bits per heavy atom. The van der Waals surface area contributed by atoms with Crippen molar-refractivity contribution >= 4 is 39.0 Å². The van der Waals surface area contributed by atoms with Crippen molar-refractivity contribution in [2.75, 3.05) is 0 Å². The molecule has 0 radical (unpaired) electrons. The zero-order valence-corrected chi connectivity index (χ0v) is 17.1. The molecule has 8 heteroatoms. The van der Waals surface area contributed by atoms with Gasteiger partial charge in [0.05, 0.1) is 10.7 Å². The number of allylic oxidation sites excluding steroid dienone is 1. The van der Waals surface area contributed by atoms with E-state index in [1.807, 2.05) is 0 Å². The van der Waals surface area contributed by atoms with Gasteiger partial charge in [-0.25, -0.2) is 8.42 Å². The van der Waals surface area contributed by atoms with Gasteiger partial charge in [0.15, 0.2) is 9.84 Å². The van der Waals surface area contributed by atoms with E-state index >= 15 is 0 Å². The highest BCUT2D eigenvalue weighted by Crippen LogP contribution is 2.24. The van der Waals surface area contributed by atoms with E-state index in [4.69, 9.17) is 11.6 Å². The average molecular weight is 442 g/mol. The first-order chi connectivity index (χ1) is 14.3. The van der Waals surface area contributed by atoms with E-state index in [1.54, 1.807) is 30.3 Å². The summed E-state index contributed by atoms with van der Waals surface area (Å²) in [6, 6.07) is 19.7. The molecule has 3 rings (SSSR count). The van der Waals surface area contributed by atoms with E-state index in [0.29, 0.717) is 16.1 Å². The Bertz CT molecular complexity index is 1200. The molecular weight excluding hydrogens is 426 g/mol. The summed E-state index contributed by atoms with van der Waals surface area (Å²) in [4.78, 5) is 23.0. The van der Waals surface area contributed by atoms with Gasteiger partial charge in [-0.1, -0.05) is 41.9 Å². The maximum Gasteiger partial charge on any atom is 0.269 e. The van der Waals surface area contributed by atoms with E-state index < -0.39 is 25.4 Å². The molecule has 0 bridgehead atoms. The number of rotatable bonds is 7. The van der Waals surface area contributed by atoms with Gasteiger partial charge in [-0.15, -0.1) is 0 Å². The lowest BCUT2D eigenvalue weighted by Crippen LogP contribution is -2.16. The average Bonchev–Trinajstić information content (AvgIpc) is 2.72. The number of hydrogen-bond donors (Lipinski definition) is 0. The van der Waals surface area contributed by atoms with Crippen LogP contribution in [0.4, 0.5) is 5.69 Å². The van der Waals surface area contributed by atoms with E-state index in [0.717, 1.165) is 0 Å². The van der Waals surface area contributed by atoms with Crippen LogP contribution >= 0.6 is 11.6 Å². The van der Waals surface area contributed by atoms with Crippen molar-refractivity contribution in [1.82, 2.24) is 0 Å². The molecule has 0 saturated heterocycles. The zero-order chi connectivity index (χ0) is 21.7. The third kappa shape index (κ3) is 5.20. The van der Waals surface area contributed by atoms with Crippen LogP contribution in [0.2, 0.25) is 5.02 Å². The van der Waals surface area contributed by atoms with Gasteiger partial charge in [0.25, 0.3) is 5.69 Å². The smallest absolute Gasteiger partial charge is 0.269 e. The lowest BCUT2D eigenvalue weighted by molar-refractivity contribution is -0.384. The Morgan fingerprint density at radius 2 is 1.53 bits per heavy atom. The first kappa shape index (κ1) is 21.4. The van der Waals surface area contributed by atoms with Gasteiger partial charge < -0.3 is 0 Å². The first-order valence-electron chi connectivity index (χ1n) is 8.79. The van der Waals surface area contributed by atoms with Gasteiger partial charge >= 0.3 is 0 Å². The van der Waals surface area contributed by atoms with E-state index in [1.165, 1.54) is 54.6 Å². The number of carbonyl (C=O) groups excluding carboxylic acids is 1. The predicted molar refractivity (Wildman–Crippen MR) is 116 cm³/mol. The Labute approximate surface area is 178 Å². The highest BCUT2D eigenvalue weighted by atomic mass is 35.5. The van der Waals surface area contributed by atoms with Crippen molar-refractivity contribution in [1.29, 1.82) is 0 Å². The number of nitrogens with zero attached hydrogens (tertiary/aromatic N) is 1. The summed E-state index contributed by atoms with van der Waals surface area (Å²) < 4.78 is 26.3. The number of hydrogen-bond acceptors (Lipinski definition) is 5. The number of sulfone groups is 1. The second kappa shape index (κ2) is 9.02. The second-order valence-electron chi connectivity index (χ2n) is 6.44. The van der Waals surface area contributed by atoms with Crippen molar-refractivity contribution in [3.05, 3.63) is 116 Å². The minimum Gasteiger partial charge on any atom is -0.288 e. The standard InChI is InChI=1S/C22H16ClNO5S/c23-19-10-8-18(9-11-19)22(25)21(14-16-6-12-20(13-7-16)24(26)27)30(28,29)15-17-4-2-1-3-5-17/h1-14H,15H2/b21-14+. The van der Waals surface area contributed by atoms with Gasteiger partial charge in [-0.3, -0.25) is 14.9 Å². The van der Waals surface area contributed by atoms with Crippen LogP contribution in [0.25, 0.3) is 6.08 Å². The fourth-order valence-electron chi connectivity index (χ4n) is 2.76. The Kier molecular flexibility index (Phi) is 6.44. The lowest BCUT2D eigenvalue weighted by Gasteiger charge is -2.10. The van der Waals surface area contributed by atoms with Gasteiger partial charge in [-0.05, 0) is 53.6 Å². The monoisotopic (exact) mass is 441 g/mol. The van der Waals surface area contributed by atoms with Crippen LogP contribution in [-0.2, 0) is 15.6 Å². The maximum absolute atomic E-state index is 13.1. The highest BCUT2D eigenvalue weighted by molar-refractivity contribution is 7.95. The molecule has 0 spiro atoms. The number of nitro benzene ring substituents is 1.